The molecule has 2 rings (SSSR count). The fraction of sp³-hybridized carbons (Fsp3) is 0.250. The van der Waals surface area contributed by atoms with Gasteiger partial charge in [-0.25, -0.2) is 0 Å². The van der Waals surface area contributed by atoms with Gasteiger partial charge < -0.3 is 5.11 Å². The number of aromatic hydroxyl groups is 1. The molecule has 0 aliphatic rings. The number of phenols is 1. The van der Waals surface area contributed by atoms with Crippen molar-refractivity contribution < 1.29 is 9.90 Å². The molecule has 2 aromatic rings. The van der Waals surface area contributed by atoms with Crippen LogP contribution in [0.2, 0.25) is 5.02 Å². The van der Waals surface area contributed by atoms with E-state index in [4.69, 9.17) is 11.6 Å². The van der Waals surface area contributed by atoms with E-state index < -0.39 is 0 Å². The molecule has 0 aliphatic heterocycles. The van der Waals surface area contributed by atoms with E-state index in [-0.39, 0.29) is 17.1 Å². The topological polar surface area (TPSA) is 63.1 Å². The van der Waals surface area contributed by atoms with Gasteiger partial charge >= 0.3 is 0 Å². The minimum atomic E-state index is -0.210. The van der Waals surface area contributed by atoms with Crippen molar-refractivity contribution in [1.82, 2.24) is 10.2 Å². The molecule has 0 aliphatic carbocycles. The fourth-order valence-corrected chi connectivity index (χ4v) is 3.54. The van der Waals surface area contributed by atoms with E-state index >= 15 is 0 Å². The Bertz CT molecular complexity index is 628. The van der Waals surface area contributed by atoms with Gasteiger partial charge in [0.1, 0.15) is 10.8 Å². The molecule has 19 heavy (non-hydrogen) atoms. The second-order valence-electron chi connectivity index (χ2n) is 3.89. The summed E-state index contributed by atoms with van der Waals surface area (Å²) in [6.07, 6.45) is 0. The fourth-order valence-electron chi connectivity index (χ4n) is 1.51. The quantitative estimate of drug-likeness (QED) is 0.688. The van der Waals surface area contributed by atoms with Crippen molar-refractivity contribution in [3.05, 3.63) is 33.3 Å². The number of Topliss-reactive ketones (excluding diaryl/α,β-unsaturated/α-hetero) is 1. The van der Waals surface area contributed by atoms with Crippen LogP contribution >= 0.6 is 34.7 Å². The van der Waals surface area contributed by atoms with Crippen LogP contribution in [0.4, 0.5) is 0 Å². The molecule has 0 atom stereocenters. The lowest BCUT2D eigenvalue weighted by molar-refractivity contribution is 0.101. The number of aromatic nitrogens is 2. The third-order valence-corrected chi connectivity index (χ3v) is 4.63. The van der Waals surface area contributed by atoms with Crippen LogP contribution in [0.5, 0.6) is 5.75 Å². The molecule has 100 valence electrons. The second kappa shape index (κ2) is 5.90. The zero-order chi connectivity index (χ0) is 14.0. The number of hydrogen-bond acceptors (Lipinski definition) is 6. The van der Waals surface area contributed by atoms with Gasteiger partial charge in [-0.2, -0.15) is 0 Å². The molecule has 7 heteroatoms. The molecule has 0 amide bonds. The summed E-state index contributed by atoms with van der Waals surface area (Å²) >= 11 is 8.89. The Labute approximate surface area is 123 Å². The molecule has 0 radical (unpaired) electrons. The smallest absolute Gasteiger partial charge is 0.174 e. The van der Waals surface area contributed by atoms with Crippen molar-refractivity contribution in [2.75, 3.05) is 0 Å². The summed E-state index contributed by atoms with van der Waals surface area (Å²) in [6.45, 7) is 3.28. The monoisotopic (exact) mass is 314 g/mol. The summed E-state index contributed by atoms with van der Waals surface area (Å²) in [6, 6.07) is 3.13. The Morgan fingerprint density at radius 1 is 1.47 bits per heavy atom. The van der Waals surface area contributed by atoms with Crippen LogP contribution in [0, 0.1) is 6.92 Å². The number of carbonyl (C=O) groups excluding carboxylic acids is 1. The number of carbonyl (C=O) groups is 1. The molecular formula is C12H11ClN2O2S2. The van der Waals surface area contributed by atoms with Gasteiger partial charge in [0.25, 0.3) is 0 Å². The number of thioether (sulfide) groups is 1. The molecule has 1 aromatic heterocycles. The van der Waals surface area contributed by atoms with Gasteiger partial charge in [0, 0.05) is 16.3 Å². The third kappa shape index (κ3) is 3.46. The van der Waals surface area contributed by atoms with Gasteiger partial charge in [-0.05, 0) is 26.0 Å². The second-order valence-corrected chi connectivity index (χ2v) is 6.73. The van der Waals surface area contributed by atoms with Crippen LogP contribution in [0.1, 0.15) is 27.9 Å². The Morgan fingerprint density at radius 2 is 2.21 bits per heavy atom. The van der Waals surface area contributed by atoms with Crippen molar-refractivity contribution in [3.8, 4) is 5.75 Å². The Kier molecular flexibility index (Phi) is 4.44. The van der Waals surface area contributed by atoms with Crippen molar-refractivity contribution in [1.29, 1.82) is 0 Å². The van der Waals surface area contributed by atoms with Crippen LogP contribution in [-0.2, 0) is 5.75 Å². The van der Waals surface area contributed by atoms with Crippen molar-refractivity contribution in [2.24, 2.45) is 0 Å². The zero-order valence-corrected chi connectivity index (χ0v) is 12.7. The summed E-state index contributed by atoms with van der Waals surface area (Å²) in [5.41, 5.74) is 0.868. The van der Waals surface area contributed by atoms with Gasteiger partial charge in [-0.1, -0.05) is 34.7 Å². The van der Waals surface area contributed by atoms with E-state index in [0.29, 0.717) is 16.3 Å². The first kappa shape index (κ1) is 14.3. The van der Waals surface area contributed by atoms with Crippen molar-refractivity contribution in [2.45, 2.75) is 23.9 Å². The number of ketones is 1. The van der Waals surface area contributed by atoms with Gasteiger partial charge in [-0.15, -0.1) is 10.2 Å². The molecule has 0 unspecified atom stereocenters. The number of aryl methyl sites for hydroxylation is 1. The molecule has 1 heterocycles. The zero-order valence-electron chi connectivity index (χ0n) is 10.3. The maximum absolute atomic E-state index is 11.4. The lowest BCUT2D eigenvalue weighted by Gasteiger charge is -2.08. The highest BCUT2D eigenvalue weighted by Gasteiger charge is 2.14. The van der Waals surface area contributed by atoms with Gasteiger partial charge in [0.05, 0.1) is 5.56 Å². The van der Waals surface area contributed by atoms with E-state index in [1.54, 1.807) is 6.07 Å². The average molecular weight is 315 g/mol. The largest absolute Gasteiger partial charge is 0.507 e. The number of phenolic OH excluding ortho intramolecular Hbond substituents is 1. The molecule has 0 spiro atoms. The van der Waals surface area contributed by atoms with Crippen molar-refractivity contribution in [3.63, 3.8) is 0 Å². The van der Waals surface area contributed by atoms with Crippen LogP contribution < -0.4 is 0 Å². The molecule has 1 N–H and O–H groups in total. The minimum absolute atomic E-state index is 0.00867. The van der Waals surface area contributed by atoms with Crippen molar-refractivity contribution >= 4 is 40.5 Å². The van der Waals surface area contributed by atoms with Crippen LogP contribution in [0.3, 0.4) is 0 Å². The van der Waals surface area contributed by atoms with E-state index in [0.717, 1.165) is 9.35 Å². The molecule has 0 fully saturated rings. The highest BCUT2D eigenvalue weighted by Crippen LogP contribution is 2.33. The summed E-state index contributed by atoms with van der Waals surface area (Å²) in [4.78, 5) is 11.4. The predicted octanol–water partition coefficient (Wildman–Crippen LogP) is 3.70. The number of halogens is 1. The van der Waals surface area contributed by atoms with Gasteiger partial charge in [0.15, 0.2) is 10.1 Å². The highest BCUT2D eigenvalue weighted by atomic mass is 35.5. The molecule has 0 saturated heterocycles. The maximum Gasteiger partial charge on any atom is 0.174 e. The van der Waals surface area contributed by atoms with E-state index in [2.05, 4.69) is 10.2 Å². The molecular weight excluding hydrogens is 304 g/mol. The van der Waals surface area contributed by atoms with Gasteiger partial charge in [-0.3, -0.25) is 4.79 Å². The Morgan fingerprint density at radius 3 is 2.79 bits per heavy atom. The molecule has 4 nitrogen and oxygen atoms in total. The highest BCUT2D eigenvalue weighted by molar-refractivity contribution is 8.00. The Hall–Kier alpha value is -1.11. The SMILES string of the molecule is CC(=O)c1cc(Cl)cc(CSc2nnc(C)s2)c1O. The summed E-state index contributed by atoms with van der Waals surface area (Å²) < 4.78 is 0.821. The molecule has 0 saturated carbocycles. The standard InChI is InChI=1S/C12H11ClN2O2S2/c1-6(16)10-4-9(13)3-8(11(10)17)5-18-12-15-14-7(2)19-12/h3-4,17H,5H2,1-2H3. The molecule has 0 bridgehead atoms. The normalized spacial score (nSPS) is 10.7. The van der Waals surface area contributed by atoms with Crippen LogP contribution in [0.25, 0.3) is 0 Å². The van der Waals surface area contributed by atoms with E-state index in [9.17, 15) is 9.90 Å². The maximum atomic E-state index is 11.4. The first-order chi connectivity index (χ1) is 8.97. The van der Waals surface area contributed by atoms with Crippen LogP contribution in [0.15, 0.2) is 16.5 Å². The number of rotatable bonds is 4. The lowest BCUT2D eigenvalue weighted by atomic mass is 10.1. The molecule has 1 aromatic carbocycles. The summed E-state index contributed by atoms with van der Waals surface area (Å²) in [5.74, 6) is 0.269. The summed E-state index contributed by atoms with van der Waals surface area (Å²) in [5, 5.41) is 19.3. The van der Waals surface area contributed by atoms with Crippen LogP contribution in [-0.4, -0.2) is 21.1 Å². The van der Waals surface area contributed by atoms with E-state index in [1.807, 2.05) is 6.92 Å². The first-order valence-electron chi connectivity index (χ1n) is 5.42. The lowest BCUT2D eigenvalue weighted by Crippen LogP contribution is -1.96. The summed E-state index contributed by atoms with van der Waals surface area (Å²) in [7, 11) is 0. The average Bonchev–Trinajstić information content (AvgIpc) is 2.75. The Balaban J connectivity index is 2.22. The third-order valence-electron chi connectivity index (χ3n) is 2.39. The minimum Gasteiger partial charge on any atom is -0.507 e. The number of nitrogens with zero attached hydrogens (tertiary/aromatic N) is 2. The predicted molar refractivity (Wildman–Crippen MR) is 77.3 cm³/mol. The number of hydrogen-bond donors (Lipinski definition) is 1. The van der Waals surface area contributed by atoms with E-state index in [1.165, 1.54) is 36.1 Å². The first-order valence-corrected chi connectivity index (χ1v) is 7.60. The number of benzene rings is 1. The van der Waals surface area contributed by atoms with Gasteiger partial charge in [0.2, 0.25) is 0 Å².